The van der Waals surface area contributed by atoms with Crippen molar-refractivity contribution >= 4 is 41.3 Å². The van der Waals surface area contributed by atoms with Crippen LogP contribution in [0.15, 0.2) is 34.6 Å². The number of halogens is 1. The maximum Gasteiger partial charge on any atom is 0.191 e. The van der Waals surface area contributed by atoms with Crippen LogP contribution >= 0.6 is 35.3 Å². The van der Waals surface area contributed by atoms with E-state index in [9.17, 15) is 0 Å². The average molecular weight is 514 g/mol. The zero-order valence-corrected chi connectivity index (χ0v) is 20.3. The summed E-state index contributed by atoms with van der Waals surface area (Å²) < 4.78 is 6.14. The summed E-state index contributed by atoms with van der Waals surface area (Å²) in [5.41, 5.74) is 2.11. The van der Waals surface area contributed by atoms with Gasteiger partial charge in [0.25, 0.3) is 0 Å². The quantitative estimate of drug-likeness (QED) is 0.333. The Kier molecular flexibility index (Phi) is 8.55. The van der Waals surface area contributed by atoms with E-state index in [0.29, 0.717) is 0 Å². The highest BCUT2D eigenvalue weighted by Crippen LogP contribution is 2.39. The Hall–Kier alpha value is -1.35. The van der Waals surface area contributed by atoms with Crippen LogP contribution in [0.4, 0.5) is 0 Å². The fourth-order valence-electron chi connectivity index (χ4n) is 3.32. The summed E-state index contributed by atoms with van der Waals surface area (Å²) in [4.78, 5) is 9.40. The number of benzene rings is 1. The lowest BCUT2D eigenvalue weighted by molar-refractivity contribution is 0.0694. The van der Waals surface area contributed by atoms with E-state index >= 15 is 0 Å². The molecule has 0 saturated carbocycles. The summed E-state index contributed by atoms with van der Waals surface area (Å²) in [5, 5.41) is 10.3. The second-order valence-corrected chi connectivity index (χ2v) is 8.34. The van der Waals surface area contributed by atoms with E-state index in [1.165, 1.54) is 10.6 Å². The molecule has 154 valence electrons. The molecule has 3 rings (SSSR count). The van der Waals surface area contributed by atoms with E-state index in [0.717, 1.165) is 49.8 Å². The van der Waals surface area contributed by atoms with E-state index in [-0.39, 0.29) is 35.6 Å². The number of ether oxygens (including phenoxy) is 1. The fraction of sp³-hybridized carbons (Fsp3) is 0.524. The molecule has 0 aliphatic carbocycles. The van der Waals surface area contributed by atoms with Crippen LogP contribution in [0.2, 0.25) is 0 Å². The highest BCUT2D eigenvalue weighted by molar-refractivity contribution is 14.0. The molecule has 0 bridgehead atoms. The average Bonchev–Trinajstić information content (AvgIpc) is 3.09. The zero-order chi connectivity index (χ0) is 19.3. The number of guanidine groups is 1. The SMILES string of the molecule is CCNC(=NCCc1csc(CC)n1)NC1CC(C)(C)Oc2ccccc21.I. The van der Waals surface area contributed by atoms with Crippen molar-refractivity contribution in [3.63, 3.8) is 0 Å². The van der Waals surface area contributed by atoms with Crippen LogP contribution < -0.4 is 15.4 Å². The molecule has 0 saturated heterocycles. The number of hydrogen-bond acceptors (Lipinski definition) is 4. The van der Waals surface area contributed by atoms with Crippen molar-refractivity contribution in [3.8, 4) is 5.75 Å². The molecule has 5 nitrogen and oxygen atoms in total. The van der Waals surface area contributed by atoms with Gasteiger partial charge in [-0.1, -0.05) is 25.1 Å². The number of rotatable bonds is 6. The number of fused-ring (bicyclic) bond motifs is 1. The topological polar surface area (TPSA) is 58.5 Å². The van der Waals surface area contributed by atoms with Crippen molar-refractivity contribution in [3.05, 3.63) is 45.9 Å². The first-order chi connectivity index (χ1) is 13.0. The highest BCUT2D eigenvalue weighted by Gasteiger charge is 2.33. The van der Waals surface area contributed by atoms with Crippen molar-refractivity contribution in [1.29, 1.82) is 0 Å². The molecule has 0 spiro atoms. The second-order valence-electron chi connectivity index (χ2n) is 7.40. The van der Waals surface area contributed by atoms with Crippen LogP contribution in [0.1, 0.15) is 56.4 Å². The molecular weight excluding hydrogens is 483 g/mol. The first-order valence-electron chi connectivity index (χ1n) is 9.77. The monoisotopic (exact) mass is 514 g/mol. The van der Waals surface area contributed by atoms with Crippen LogP contribution in [0.5, 0.6) is 5.75 Å². The molecule has 28 heavy (non-hydrogen) atoms. The van der Waals surface area contributed by atoms with E-state index in [4.69, 9.17) is 9.73 Å². The molecule has 0 amide bonds. The Morgan fingerprint density at radius 2 is 2.11 bits per heavy atom. The highest BCUT2D eigenvalue weighted by atomic mass is 127. The molecule has 2 heterocycles. The van der Waals surface area contributed by atoms with Crippen LogP contribution in [-0.4, -0.2) is 29.6 Å². The maximum atomic E-state index is 6.14. The molecule has 2 aromatic rings. The zero-order valence-electron chi connectivity index (χ0n) is 17.1. The number of thiazole rings is 1. The van der Waals surface area contributed by atoms with Gasteiger partial charge in [0.05, 0.1) is 16.7 Å². The van der Waals surface area contributed by atoms with Gasteiger partial charge in [-0.3, -0.25) is 4.99 Å². The molecule has 1 aliphatic rings. The van der Waals surface area contributed by atoms with Gasteiger partial charge in [-0.2, -0.15) is 0 Å². The fourth-order valence-corrected chi connectivity index (χ4v) is 4.10. The smallest absolute Gasteiger partial charge is 0.191 e. The predicted octanol–water partition coefficient (Wildman–Crippen LogP) is 4.72. The lowest BCUT2D eigenvalue weighted by atomic mass is 9.90. The third kappa shape index (κ3) is 6.07. The first-order valence-corrected chi connectivity index (χ1v) is 10.6. The van der Waals surface area contributed by atoms with Gasteiger partial charge in [0.15, 0.2) is 5.96 Å². The summed E-state index contributed by atoms with van der Waals surface area (Å²) >= 11 is 1.73. The molecule has 1 aromatic carbocycles. The van der Waals surface area contributed by atoms with Crippen molar-refractivity contribution in [1.82, 2.24) is 15.6 Å². The van der Waals surface area contributed by atoms with E-state index in [1.807, 2.05) is 12.1 Å². The summed E-state index contributed by atoms with van der Waals surface area (Å²) in [6.45, 7) is 10.0. The summed E-state index contributed by atoms with van der Waals surface area (Å²) in [6, 6.07) is 8.44. The number of aryl methyl sites for hydroxylation is 1. The second kappa shape index (κ2) is 10.4. The Balaban J connectivity index is 0.00000280. The largest absolute Gasteiger partial charge is 0.487 e. The number of nitrogens with one attached hydrogen (secondary N) is 2. The van der Waals surface area contributed by atoms with Crippen LogP contribution in [0, 0.1) is 0 Å². The summed E-state index contributed by atoms with van der Waals surface area (Å²) in [5.74, 6) is 1.80. The van der Waals surface area contributed by atoms with Gasteiger partial charge in [-0.25, -0.2) is 4.98 Å². The lowest BCUT2D eigenvalue weighted by Crippen LogP contribution is -2.45. The number of aromatic nitrogens is 1. The normalized spacial score (nSPS) is 17.9. The number of para-hydroxylation sites is 1. The number of aliphatic imine (C=N–C) groups is 1. The van der Waals surface area contributed by atoms with E-state index < -0.39 is 0 Å². The van der Waals surface area contributed by atoms with Gasteiger partial charge in [0, 0.05) is 36.9 Å². The standard InChI is InChI=1S/C21H30N4OS.HI/c1-5-19-24-15(14-27-19)11-12-23-20(22-6-2)25-17-13-21(3,4)26-18-10-8-7-9-16(17)18;/h7-10,14,17H,5-6,11-13H2,1-4H3,(H2,22,23,25);1H. The van der Waals surface area contributed by atoms with Crippen molar-refractivity contribution in [2.75, 3.05) is 13.1 Å². The molecule has 1 aromatic heterocycles. The van der Waals surface area contributed by atoms with E-state index in [2.05, 4.69) is 60.8 Å². The van der Waals surface area contributed by atoms with Gasteiger partial charge in [0.2, 0.25) is 0 Å². The van der Waals surface area contributed by atoms with Crippen LogP contribution in [0.25, 0.3) is 0 Å². The van der Waals surface area contributed by atoms with Gasteiger partial charge in [0.1, 0.15) is 11.4 Å². The summed E-state index contributed by atoms with van der Waals surface area (Å²) in [7, 11) is 0. The number of hydrogen-bond donors (Lipinski definition) is 2. The van der Waals surface area contributed by atoms with Gasteiger partial charge < -0.3 is 15.4 Å². The maximum absolute atomic E-state index is 6.14. The predicted molar refractivity (Wildman–Crippen MR) is 128 cm³/mol. The molecule has 7 heteroatoms. The molecule has 0 fully saturated rings. The lowest BCUT2D eigenvalue weighted by Gasteiger charge is -2.38. The Labute approximate surface area is 189 Å². The molecule has 1 atom stereocenters. The van der Waals surface area contributed by atoms with Crippen LogP contribution in [0.3, 0.4) is 0 Å². The molecular formula is C21H31IN4OS. The minimum Gasteiger partial charge on any atom is -0.487 e. The van der Waals surface area contributed by atoms with Gasteiger partial charge in [-0.15, -0.1) is 35.3 Å². The van der Waals surface area contributed by atoms with Gasteiger partial charge >= 0.3 is 0 Å². The molecule has 1 aliphatic heterocycles. The van der Waals surface area contributed by atoms with Crippen molar-refractivity contribution < 1.29 is 4.74 Å². The van der Waals surface area contributed by atoms with Gasteiger partial charge in [-0.05, 0) is 33.3 Å². The third-order valence-electron chi connectivity index (χ3n) is 4.57. The Morgan fingerprint density at radius 3 is 2.82 bits per heavy atom. The molecule has 0 radical (unpaired) electrons. The van der Waals surface area contributed by atoms with E-state index in [1.54, 1.807) is 11.3 Å². The van der Waals surface area contributed by atoms with Crippen molar-refractivity contribution in [2.24, 2.45) is 4.99 Å². The third-order valence-corrected chi connectivity index (χ3v) is 5.61. The minimum atomic E-state index is -0.208. The molecule has 1 unspecified atom stereocenters. The summed E-state index contributed by atoms with van der Waals surface area (Å²) in [6.07, 6.45) is 2.75. The Morgan fingerprint density at radius 1 is 1.32 bits per heavy atom. The van der Waals surface area contributed by atoms with Crippen LogP contribution in [-0.2, 0) is 12.8 Å². The van der Waals surface area contributed by atoms with Crippen molar-refractivity contribution in [2.45, 2.75) is 58.6 Å². The Bertz CT molecular complexity index is 790. The number of nitrogens with zero attached hydrogens (tertiary/aromatic N) is 2. The first kappa shape index (κ1) is 22.9. The minimum absolute atomic E-state index is 0. The molecule has 2 N–H and O–H groups in total.